The van der Waals surface area contributed by atoms with Gasteiger partial charge >= 0.3 is 0 Å². The summed E-state index contributed by atoms with van der Waals surface area (Å²) in [6, 6.07) is 7.59. The van der Waals surface area contributed by atoms with Crippen molar-refractivity contribution < 1.29 is 9.21 Å². The molecule has 102 valence electrons. The molecular formula is C11H10N6O2S. The summed E-state index contributed by atoms with van der Waals surface area (Å²) in [5.74, 6) is 0.0677. The fourth-order valence-corrected chi connectivity index (χ4v) is 2.17. The highest BCUT2D eigenvalue weighted by Gasteiger charge is 2.11. The van der Waals surface area contributed by atoms with Gasteiger partial charge in [0.1, 0.15) is 12.1 Å². The van der Waals surface area contributed by atoms with Crippen molar-refractivity contribution in [3.8, 4) is 0 Å². The molecule has 9 heteroatoms. The number of para-hydroxylation sites is 1. The van der Waals surface area contributed by atoms with Crippen molar-refractivity contribution in [3.63, 3.8) is 0 Å². The van der Waals surface area contributed by atoms with Gasteiger partial charge in [0.05, 0.1) is 11.3 Å². The van der Waals surface area contributed by atoms with E-state index in [1.54, 1.807) is 4.68 Å². The Kier molecular flexibility index (Phi) is 3.33. The molecule has 1 amide bonds. The quantitative estimate of drug-likeness (QED) is 0.678. The van der Waals surface area contributed by atoms with Crippen molar-refractivity contribution in [2.45, 2.75) is 11.8 Å². The van der Waals surface area contributed by atoms with E-state index < -0.39 is 5.91 Å². The number of nitrogens with zero attached hydrogens (tertiary/aromatic N) is 5. The number of carbonyl (C=O) groups excluding carboxylic acids is 1. The maximum atomic E-state index is 10.7. The smallest absolute Gasteiger partial charge is 0.277 e. The zero-order valence-corrected chi connectivity index (χ0v) is 11.1. The number of amides is 1. The Morgan fingerprint density at radius 3 is 3.00 bits per heavy atom. The van der Waals surface area contributed by atoms with E-state index in [1.165, 1.54) is 0 Å². The summed E-state index contributed by atoms with van der Waals surface area (Å²) in [5, 5.41) is 16.1. The lowest BCUT2D eigenvalue weighted by atomic mass is 10.3. The van der Waals surface area contributed by atoms with Crippen LogP contribution < -0.4 is 5.73 Å². The van der Waals surface area contributed by atoms with E-state index in [-0.39, 0.29) is 5.75 Å². The Morgan fingerprint density at radius 2 is 2.15 bits per heavy atom. The predicted molar refractivity (Wildman–Crippen MR) is 70.8 cm³/mol. The van der Waals surface area contributed by atoms with E-state index in [0.29, 0.717) is 17.7 Å². The maximum absolute atomic E-state index is 10.7. The van der Waals surface area contributed by atoms with Crippen molar-refractivity contribution in [2.24, 2.45) is 5.73 Å². The Morgan fingerprint density at radius 1 is 1.30 bits per heavy atom. The van der Waals surface area contributed by atoms with Crippen molar-refractivity contribution in [1.82, 2.24) is 25.2 Å². The van der Waals surface area contributed by atoms with Gasteiger partial charge in [-0.05, 0) is 12.1 Å². The van der Waals surface area contributed by atoms with Crippen LogP contribution in [-0.2, 0) is 11.3 Å². The van der Waals surface area contributed by atoms with Crippen molar-refractivity contribution >= 4 is 28.7 Å². The number of benzene rings is 1. The molecule has 0 spiro atoms. The third-order valence-electron chi connectivity index (χ3n) is 2.49. The molecule has 0 radical (unpaired) electrons. The van der Waals surface area contributed by atoms with Gasteiger partial charge in [-0.2, -0.15) is 0 Å². The second-order valence-electron chi connectivity index (χ2n) is 3.95. The molecule has 8 nitrogen and oxygen atoms in total. The lowest BCUT2D eigenvalue weighted by molar-refractivity contribution is -0.115. The molecule has 0 aliphatic heterocycles. The number of hydrogen-bond acceptors (Lipinski definition) is 7. The molecule has 0 atom stereocenters. The zero-order chi connectivity index (χ0) is 13.9. The Hall–Kier alpha value is -2.42. The van der Waals surface area contributed by atoms with Gasteiger partial charge in [-0.15, -0.1) is 15.3 Å². The van der Waals surface area contributed by atoms with E-state index in [2.05, 4.69) is 20.5 Å². The molecular weight excluding hydrogens is 280 g/mol. The number of thioether (sulfide) groups is 1. The first kappa shape index (κ1) is 12.6. The zero-order valence-electron chi connectivity index (χ0n) is 10.3. The number of fused-ring (bicyclic) bond motifs is 1. The number of rotatable bonds is 5. The van der Waals surface area contributed by atoms with Crippen LogP contribution in [0.2, 0.25) is 0 Å². The maximum Gasteiger partial charge on any atom is 0.277 e. The third kappa shape index (κ3) is 2.62. The molecule has 20 heavy (non-hydrogen) atoms. The molecule has 2 N–H and O–H groups in total. The van der Waals surface area contributed by atoms with Gasteiger partial charge in [0.2, 0.25) is 11.8 Å². The molecule has 2 aromatic heterocycles. The molecule has 0 fully saturated rings. The van der Waals surface area contributed by atoms with Crippen LogP contribution in [0, 0.1) is 0 Å². The normalized spacial score (nSPS) is 11.0. The number of aromatic nitrogens is 5. The lowest BCUT2D eigenvalue weighted by Gasteiger charge is -1.96. The lowest BCUT2D eigenvalue weighted by Crippen LogP contribution is -2.12. The standard InChI is InChI=1S/C11H10N6O2S/c12-9(18)6-20-11-15-14-10(19-11)5-17-8-4-2-1-3-7(8)13-16-17/h1-4H,5-6H2,(H2,12,18). The molecule has 3 aromatic rings. The number of primary amides is 1. The monoisotopic (exact) mass is 290 g/mol. The van der Waals surface area contributed by atoms with Crippen molar-refractivity contribution in [1.29, 1.82) is 0 Å². The fourth-order valence-electron chi connectivity index (χ4n) is 1.66. The molecule has 2 heterocycles. The van der Waals surface area contributed by atoms with Crippen LogP contribution >= 0.6 is 11.8 Å². The van der Waals surface area contributed by atoms with Gasteiger partial charge in [-0.1, -0.05) is 29.1 Å². The summed E-state index contributed by atoms with van der Waals surface area (Å²) in [7, 11) is 0. The average Bonchev–Trinajstić information content (AvgIpc) is 3.05. The van der Waals surface area contributed by atoms with E-state index in [9.17, 15) is 4.79 Å². The molecule has 0 aliphatic rings. The van der Waals surface area contributed by atoms with E-state index in [4.69, 9.17) is 10.2 Å². The van der Waals surface area contributed by atoms with E-state index in [0.717, 1.165) is 22.8 Å². The average molecular weight is 290 g/mol. The summed E-state index contributed by atoms with van der Waals surface area (Å²) in [6.07, 6.45) is 0. The first-order valence-corrected chi connectivity index (χ1v) is 6.72. The van der Waals surface area contributed by atoms with Crippen LogP contribution in [0.1, 0.15) is 5.89 Å². The predicted octanol–water partition coefficient (Wildman–Crippen LogP) is 0.440. The molecule has 0 bridgehead atoms. The summed E-state index contributed by atoms with van der Waals surface area (Å²) < 4.78 is 7.07. The van der Waals surface area contributed by atoms with Crippen molar-refractivity contribution in [2.75, 3.05) is 5.75 Å². The van der Waals surface area contributed by atoms with Gasteiger partial charge in [0.25, 0.3) is 5.22 Å². The molecule has 3 rings (SSSR count). The van der Waals surface area contributed by atoms with Gasteiger partial charge in [0, 0.05) is 0 Å². The van der Waals surface area contributed by atoms with Crippen molar-refractivity contribution in [3.05, 3.63) is 30.2 Å². The molecule has 0 saturated carbocycles. The topological polar surface area (TPSA) is 113 Å². The first-order valence-electron chi connectivity index (χ1n) is 5.74. The van der Waals surface area contributed by atoms with Crippen LogP contribution in [0.3, 0.4) is 0 Å². The molecule has 0 saturated heterocycles. The van der Waals surface area contributed by atoms with Crippen LogP contribution in [0.15, 0.2) is 33.9 Å². The molecule has 0 unspecified atom stereocenters. The Balaban J connectivity index is 1.76. The van der Waals surface area contributed by atoms with Crippen LogP contribution in [-0.4, -0.2) is 36.9 Å². The van der Waals surface area contributed by atoms with Crippen LogP contribution in [0.5, 0.6) is 0 Å². The SMILES string of the molecule is NC(=O)CSc1nnc(Cn2nnc3ccccc32)o1. The minimum absolute atomic E-state index is 0.105. The molecule has 0 aliphatic carbocycles. The van der Waals surface area contributed by atoms with E-state index in [1.807, 2.05) is 24.3 Å². The second-order valence-corrected chi connectivity index (χ2v) is 4.88. The van der Waals surface area contributed by atoms with Crippen LogP contribution in [0.4, 0.5) is 0 Å². The Labute approximate surface area is 117 Å². The highest BCUT2D eigenvalue weighted by Crippen LogP contribution is 2.17. The highest BCUT2D eigenvalue weighted by atomic mass is 32.2. The van der Waals surface area contributed by atoms with Gasteiger partial charge in [-0.25, -0.2) is 4.68 Å². The van der Waals surface area contributed by atoms with Gasteiger partial charge in [0.15, 0.2) is 0 Å². The van der Waals surface area contributed by atoms with Gasteiger partial charge in [-0.3, -0.25) is 4.79 Å². The van der Waals surface area contributed by atoms with Crippen LogP contribution in [0.25, 0.3) is 11.0 Å². The minimum Gasteiger partial charge on any atom is -0.414 e. The summed E-state index contributed by atoms with van der Waals surface area (Å²) in [6.45, 7) is 0.324. The number of nitrogens with two attached hydrogens (primary N) is 1. The summed E-state index contributed by atoms with van der Waals surface area (Å²) in [5.41, 5.74) is 6.73. The minimum atomic E-state index is -0.433. The summed E-state index contributed by atoms with van der Waals surface area (Å²) >= 11 is 1.11. The Bertz CT molecular complexity index is 752. The number of hydrogen-bond donors (Lipinski definition) is 1. The third-order valence-corrected chi connectivity index (χ3v) is 3.33. The first-order chi connectivity index (χ1) is 9.72. The molecule has 1 aromatic carbocycles. The largest absolute Gasteiger partial charge is 0.414 e. The second kappa shape index (κ2) is 5.29. The summed E-state index contributed by atoms with van der Waals surface area (Å²) in [4.78, 5) is 10.7. The number of carbonyl (C=O) groups is 1. The fraction of sp³-hybridized carbons (Fsp3) is 0.182. The van der Waals surface area contributed by atoms with E-state index >= 15 is 0 Å². The van der Waals surface area contributed by atoms with Gasteiger partial charge < -0.3 is 10.2 Å². The highest BCUT2D eigenvalue weighted by molar-refractivity contribution is 7.99.